The Kier molecular flexibility index (Phi) is 8.44. The molecule has 180 valence electrons. The van der Waals surface area contributed by atoms with Gasteiger partial charge in [-0.25, -0.2) is 9.59 Å². The molecule has 10 nitrogen and oxygen atoms in total. The van der Waals surface area contributed by atoms with E-state index >= 15 is 0 Å². The highest BCUT2D eigenvalue weighted by molar-refractivity contribution is 6.01. The number of nitrogens with zero attached hydrogens (tertiary/aromatic N) is 1. The van der Waals surface area contributed by atoms with Gasteiger partial charge in [0.25, 0.3) is 0 Å². The first-order valence-corrected chi connectivity index (χ1v) is 11.1. The van der Waals surface area contributed by atoms with Crippen LogP contribution in [0.2, 0.25) is 0 Å². The van der Waals surface area contributed by atoms with Crippen molar-refractivity contribution in [3.05, 3.63) is 54.1 Å². The molecule has 34 heavy (non-hydrogen) atoms. The van der Waals surface area contributed by atoms with Crippen LogP contribution in [-0.2, 0) is 9.59 Å². The Morgan fingerprint density at radius 1 is 0.971 bits per heavy atom. The van der Waals surface area contributed by atoms with Crippen molar-refractivity contribution in [2.75, 3.05) is 29.0 Å². The van der Waals surface area contributed by atoms with E-state index in [4.69, 9.17) is 5.11 Å². The molecule has 0 radical (unpaired) electrons. The van der Waals surface area contributed by atoms with Crippen molar-refractivity contribution in [1.82, 2.24) is 10.2 Å². The number of anilines is 3. The average molecular weight is 468 g/mol. The second-order valence-corrected chi connectivity index (χ2v) is 8.04. The second-order valence-electron chi connectivity index (χ2n) is 8.04. The number of benzene rings is 2. The number of carboxylic acid groups (broad SMARTS) is 1. The van der Waals surface area contributed by atoms with E-state index in [-0.39, 0.29) is 30.9 Å². The molecular formula is C24H29N5O5. The van der Waals surface area contributed by atoms with Gasteiger partial charge >= 0.3 is 18.0 Å². The molecule has 5 N–H and O–H groups in total. The first-order valence-electron chi connectivity index (χ1n) is 11.1. The maximum atomic E-state index is 12.8. The van der Waals surface area contributed by atoms with E-state index < -0.39 is 12.0 Å². The molecule has 0 bridgehead atoms. The number of nitrogens with one attached hydrogen (secondary N) is 4. The quantitative estimate of drug-likeness (QED) is 0.377. The zero-order valence-corrected chi connectivity index (χ0v) is 19.0. The third-order valence-electron chi connectivity index (χ3n) is 5.46. The molecule has 2 aromatic carbocycles. The summed E-state index contributed by atoms with van der Waals surface area (Å²) in [5.41, 5.74) is 2.78. The molecule has 5 amide bonds. The third-order valence-corrected chi connectivity index (χ3v) is 5.46. The highest BCUT2D eigenvalue weighted by atomic mass is 16.4. The van der Waals surface area contributed by atoms with Crippen LogP contribution < -0.4 is 21.3 Å². The Labute approximate surface area is 197 Å². The minimum atomic E-state index is -0.916. The van der Waals surface area contributed by atoms with Gasteiger partial charge in [-0.1, -0.05) is 18.2 Å². The lowest BCUT2D eigenvalue weighted by atomic mass is 10.2. The maximum Gasteiger partial charge on any atom is 0.323 e. The van der Waals surface area contributed by atoms with Crippen molar-refractivity contribution in [3.63, 3.8) is 0 Å². The van der Waals surface area contributed by atoms with E-state index in [0.717, 1.165) is 11.3 Å². The monoisotopic (exact) mass is 467 g/mol. The average Bonchev–Trinajstić information content (AvgIpc) is 3.30. The zero-order chi connectivity index (χ0) is 24.5. The Bertz CT molecular complexity index is 1040. The Balaban J connectivity index is 1.49. The number of aryl methyl sites for hydroxylation is 1. The number of likely N-dealkylation sites (tertiary alicyclic amines) is 1. The van der Waals surface area contributed by atoms with Gasteiger partial charge < -0.3 is 31.3 Å². The van der Waals surface area contributed by atoms with Gasteiger partial charge in [-0.15, -0.1) is 0 Å². The molecular weight excluding hydrogens is 438 g/mol. The fourth-order valence-corrected chi connectivity index (χ4v) is 3.68. The van der Waals surface area contributed by atoms with Crippen LogP contribution in [0.1, 0.15) is 31.2 Å². The van der Waals surface area contributed by atoms with Crippen molar-refractivity contribution in [3.8, 4) is 0 Å². The highest BCUT2D eigenvalue weighted by Gasteiger charge is 2.34. The molecule has 0 spiro atoms. The molecule has 0 aliphatic carbocycles. The molecule has 0 aromatic heterocycles. The number of urea groups is 2. The summed E-state index contributed by atoms with van der Waals surface area (Å²) in [7, 11) is 0. The summed E-state index contributed by atoms with van der Waals surface area (Å²) in [4.78, 5) is 49.4. The normalized spacial score (nSPS) is 14.9. The van der Waals surface area contributed by atoms with Crippen LogP contribution in [0, 0.1) is 6.92 Å². The summed E-state index contributed by atoms with van der Waals surface area (Å²) < 4.78 is 0. The number of hydrogen-bond donors (Lipinski definition) is 5. The Hall–Kier alpha value is -4.08. The Morgan fingerprint density at radius 3 is 2.32 bits per heavy atom. The molecule has 2 aromatic rings. The van der Waals surface area contributed by atoms with Gasteiger partial charge in [-0.3, -0.25) is 9.59 Å². The van der Waals surface area contributed by atoms with Gasteiger partial charge in [0.05, 0.1) is 0 Å². The van der Waals surface area contributed by atoms with E-state index in [2.05, 4.69) is 21.3 Å². The first-order chi connectivity index (χ1) is 16.3. The number of amides is 5. The van der Waals surface area contributed by atoms with Crippen molar-refractivity contribution in [1.29, 1.82) is 0 Å². The standard InChI is InChI=1S/C24H29N5O5/c1-16-6-2-3-7-19(16)28-23(33)27-18-12-10-17(11-13-18)26-22(32)20-8-5-15-29(20)24(34)25-14-4-9-21(30)31/h2-3,6-7,10-13,20H,4-5,8-9,14-15H2,1H3,(H,25,34)(H,26,32)(H,30,31)(H2,27,28,33)/t20-/m0/s1. The minimum Gasteiger partial charge on any atom is -0.481 e. The summed E-state index contributed by atoms with van der Waals surface area (Å²) in [5, 5.41) is 19.7. The first kappa shape index (κ1) is 24.6. The van der Waals surface area contributed by atoms with E-state index in [1.165, 1.54) is 4.90 Å². The molecule has 1 atom stereocenters. The number of hydrogen-bond acceptors (Lipinski definition) is 4. The largest absolute Gasteiger partial charge is 0.481 e. The molecule has 10 heteroatoms. The van der Waals surface area contributed by atoms with Crippen LogP contribution in [-0.4, -0.2) is 53.1 Å². The second kappa shape index (κ2) is 11.7. The zero-order valence-electron chi connectivity index (χ0n) is 19.0. The van der Waals surface area contributed by atoms with Crippen LogP contribution >= 0.6 is 0 Å². The van der Waals surface area contributed by atoms with Crippen LogP contribution in [0.25, 0.3) is 0 Å². The summed E-state index contributed by atoms with van der Waals surface area (Å²) in [6.07, 6.45) is 1.56. The van der Waals surface area contributed by atoms with Crippen LogP contribution in [0.3, 0.4) is 0 Å². The summed E-state index contributed by atoms with van der Waals surface area (Å²) in [6.45, 7) is 2.60. The molecule has 0 saturated carbocycles. The number of carbonyl (C=O) groups excluding carboxylic acids is 3. The summed E-state index contributed by atoms with van der Waals surface area (Å²) >= 11 is 0. The number of aliphatic carboxylic acids is 1. The number of carbonyl (C=O) groups is 4. The third kappa shape index (κ3) is 6.96. The van der Waals surface area contributed by atoms with Gasteiger partial charge in [-0.05, 0) is 62.1 Å². The predicted octanol–water partition coefficient (Wildman–Crippen LogP) is 3.62. The lowest BCUT2D eigenvalue weighted by Crippen LogP contribution is -2.47. The number of rotatable bonds is 8. The van der Waals surface area contributed by atoms with Gasteiger partial charge in [0.2, 0.25) is 5.91 Å². The lowest BCUT2D eigenvalue weighted by molar-refractivity contribution is -0.137. The fourth-order valence-electron chi connectivity index (χ4n) is 3.68. The minimum absolute atomic E-state index is 0.0252. The van der Waals surface area contributed by atoms with Gasteiger partial charge in [-0.2, -0.15) is 0 Å². The van der Waals surface area contributed by atoms with E-state index in [9.17, 15) is 19.2 Å². The SMILES string of the molecule is Cc1ccccc1NC(=O)Nc1ccc(NC(=O)[C@@H]2CCCN2C(=O)NCCCC(=O)O)cc1. The van der Waals surface area contributed by atoms with Crippen LogP contribution in [0.4, 0.5) is 26.7 Å². The Morgan fingerprint density at radius 2 is 1.65 bits per heavy atom. The number of carboxylic acids is 1. The van der Waals surface area contributed by atoms with E-state index in [1.54, 1.807) is 24.3 Å². The highest BCUT2D eigenvalue weighted by Crippen LogP contribution is 2.21. The molecule has 1 fully saturated rings. The molecule has 0 unspecified atom stereocenters. The number of para-hydroxylation sites is 1. The molecule has 3 rings (SSSR count). The molecule has 1 heterocycles. The van der Waals surface area contributed by atoms with E-state index in [0.29, 0.717) is 37.2 Å². The van der Waals surface area contributed by atoms with Crippen LogP contribution in [0.5, 0.6) is 0 Å². The van der Waals surface area contributed by atoms with Gasteiger partial charge in [0.15, 0.2) is 0 Å². The predicted molar refractivity (Wildman–Crippen MR) is 129 cm³/mol. The maximum absolute atomic E-state index is 12.8. The molecule has 1 aliphatic heterocycles. The molecule has 1 saturated heterocycles. The van der Waals surface area contributed by atoms with Gasteiger partial charge in [0, 0.05) is 36.6 Å². The van der Waals surface area contributed by atoms with Crippen molar-refractivity contribution >= 4 is 41.0 Å². The topological polar surface area (TPSA) is 140 Å². The van der Waals surface area contributed by atoms with Crippen molar-refractivity contribution < 1.29 is 24.3 Å². The van der Waals surface area contributed by atoms with E-state index in [1.807, 2.05) is 31.2 Å². The van der Waals surface area contributed by atoms with Crippen LogP contribution in [0.15, 0.2) is 48.5 Å². The molecule has 1 aliphatic rings. The van der Waals surface area contributed by atoms with Crippen molar-refractivity contribution in [2.24, 2.45) is 0 Å². The lowest BCUT2D eigenvalue weighted by Gasteiger charge is -2.24. The summed E-state index contributed by atoms with van der Waals surface area (Å²) in [5.74, 6) is -1.21. The smallest absolute Gasteiger partial charge is 0.323 e. The van der Waals surface area contributed by atoms with Gasteiger partial charge in [0.1, 0.15) is 6.04 Å². The summed E-state index contributed by atoms with van der Waals surface area (Å²) in [6, 6.07) is 12.8. The fraction of sp³-hybridized carbons (Fsp3) is 0.333. The van der Waals surface area contributed by atoms with Crippen molar-refractivity contribution in [2.45, 2.75) is 38.6 Å².